The SMILES string of the molecule is CNc1cc2c(cc1OC1CC1)CNCC2. The van der Waals surface area contributed by atoms with Crippen LogP contribution in [0.15, 0.2) is 12.1 Å². The minimum atomic E-state index is 0.460. The van der Waals surface area contributed by atoms with Crippen molar-refractivity contribution in [1.82, 2.24) is 5.32 Å². The van der Waals surface area contributed by atoms with Gasteiger partial charge in [-0.25, -0.2) is 0 Å². The Kier molecular flexibility index (Phi) is 2.48. The maximum Gasteiger partial charge on any atom is 0.143 e. The molecule has 3 nitrogen and oxygen atoms in total. The molecule has 0 amide bonds. The van der Waals surface area contributed by atoms with E-state index in [4.69, 9.17) is 4.74 Å². The van der Waals surface area contributed by atoms with Crippen molar-refractivity contribution in [2.45, 2.75) is 31.9 Å². The van der Waals surface area contributed by atoms with Gasteiger partial charge in [-0.3, -0.25) is 0 Å². The highest BCUT2D eigenvalue weighted by molar-refractivity contribution is 5.60. The molecule has 0 atom stereocenters. The van der Waals surface area contributed by atoms with Gasteiger partial charge in [-0.05, 0) is 49.1 Å². The predicted molar refractivity (Wildman–Crippen MR) is 65.0 cm³/mol. The Morgan fingerprint density at radius 2 is 2.19 bits per heavy atom. The Morgan fingerprint density at radius 1 is 1.31 bits per heavy atom. The van der Waals surface area contributed by atoms with E-state index in [1.807, 2.05) is 7.05 Å². The average Bonchev–Trinajstić information content (AvgIpc) is 3.12. The summed E-state index contributed by atoms with van der Waals surface area (Å²) in [5, 5.41) is 6.63. The summed E-state index contributed by atoms with van der Waals surface area (Å²) < 4.78 is 5.92. The van der Waals surface area contributed by atoms with Gasteiger partial charge >= 0.3 is 0 Å². The zero-order valence-electron chi connectivity index (χ0n) is 9.68. The average molecular weight is 218 g/mol. The van der Waals surface area contributed by atoms with Gasteiger partial charge in [0.05, 0.1) is 11.8 Å². The normalized spacial score (nSPS) is 19.1. The number of hydrogen-bond acceptors (Lipinski definition) is 3. The summed E-state index contributed by atoms with van der Waals surface area (Å²) in [6.45, 7) is 2.05. The molecule has 0 unspecified atom stereocenters. The van der Waals surface area contributed by atoms with Crippen LogP contribution in [-0.2, 0) is 13.0 Å². The molecule has 1 saturated carbocycles. The molecule has 1 aromatic rings. The lowest BCUT2D eigenvalue weighted by Gasteiger charge is -2.20. The van der Waals surface area contributed by atoms with E-state index in [0.29, 0.717) is 6.10 Å². The van der Waals surface area contributed by atoms with Crippen molar-refractivity contribution >= 4 is 5.69 Å². The molecule has 1 aliphatic heterocycles. The molecular formula is C13H18N2O. The summed E-state index contributed by atoms with van der Waals surface area (Å²) in [5.74, 6) is 1.02. The molecule has 3 rings (SSSR count). The number of fused-ring (bicyclic) bond motifs is 1. The lowest BCUT2D eigenvalue weighted by molar-refractivity contribution is 0.304. The van der Waals surface area contributed by atoms with Gasteiger partial charge in [0.1, 0.15) is 5.75 Å². The maximum atomic E-state index is 5.92. The number of ether oxygens (including phenoxy) is 1. The van der Waals surface area contributed by atoms with Crippen LogP contribution in [0.2, 0.25) is 0 Å². The largest absolute Gasteiger partial charge is 0.488 e. The monoisotopic (exact) mass is 218 g/mol. The Hall–Kier alpha value is -1.22. The third-order valence-corrected chi connectivity index (χ3v) is 3.28. The van der Waals surface area contributed by atoms with Gasteiger partial charge in [0, 0.05) is 13.6 Å². The van der Waals surface area contributed by atoms with Crippen LogP contribution in [0.5, 0.6) is 5.75 Å². The molecule has 1 aromatic carbocycles. The molecule has 1 heterocycles. The molecule has 0 radical (unpaired) electrons. The van der Waals surface area contributed by atoms with Gasteiger partial charge < -0.3 is 15.4 Å². The molecule has 0 saturated heterocycles. The lowest BCUT2D eigenvalue weighted by atomic mass is 10.00. The molecule has 0 bridgehead atoms. The topological polar surface area (TPSA) is 33.3 Å². The Labute approximate surface area is 96.2 Å². The number of benzene rings is 1. The number of rotatable bonds is 3. The van der Waals surface area contributed by atoms with E-state index < -0.39 is 0 Å². The highest BCUT2D eigenvalue weighted by atomic mass is 16.5. The van der Waals surface area contributed by atoms with Crippen LogP contribution in [0.25, 0.3) is 0 Å². The third kappa shape index (κ3) is 1.87. The molecule has 16 heavy (non-hydrogen) atoms. The van der Waals surface area contributed by atoms with Crippen molar-refractivity contribution in [3.63, 3.8) is 0 Å². The fraction of sp³-hybridized carbons (Fsp3) is 0.538. The van der Waals surface area contributed by atoms with Gasteiger partial charge in [0.25, 0.3) is 0 Å². The van der Waals surface area contributed by atoms with Gasteiger partial charge in [-0.2, -0.15) is 0 Å². The molecule has 2 N–H and O–H groups in total. The van der Waals surface area contributed by atoms with E-state index in [2.05, 4.69) is 22.8 Å². The Morgan fingerprint density at radius 3 is 2.94 bits per heavy atom. The van der Waals surface area contributed by atoms with Crippen LogP contribution in [0.1, 0.15) is 24.0 Å². The fourth-order valence-electron chi connectivity index (χ4n) is 2.17. The lowest BCUT2D eigenvalue weighted by Crippen LogP contribution is -2.23. The van der Waals surface area contributed by atoms with Crippen molar-refractivity contribution in [3.05, 3.63) is 23.3 Å². The summed E-state index contributed by atoms with van der Waals surface area (Å²) >= 11 is 0. The standard InChI is InChI=1S/C13H18N2O/c1-14-12-6-9-4-5-15-8-10(9)7-13(12)16-11-2-3-11/h6-7,11,14-15H,2-5,8H2,1H3. The second-order valence-electron chi connectivity index (χ2n) is 4.61. The van der Waals surface area contributed by atoms with Crippen molar-refractivity contribution in [2.24, 2.45) is 0 Å². The zero-order chi connectivity index (χ0) is 11.0. The first-order valence-corrected chi connectivity index (χ1v) is 6.08. The van der Waals surface area contributed by atoms with E-state index in [9.17, 15) is 0 Å². The second kappa shape index (κ2) is 3.98. The van der Waals surface area contributed by atoms with E-state index in [1.54, 1.807) is 0 Å². The van der Waals surface area contributed by atoms with Gasteiger partial charge in [0.15, 0.2) is 0 Å². The minimum Gasteiger partial charge on any atom is -0.488 e. The number of hydrogen-bond donors (Lipinski definition) is 2. The fourth-order valence-corrected chi connectivity index (χ4v) is 2.17. The van der Waals surface area contributed by atoms with Gasteiger partial charge in [-0.1, -0.05) is 0 Å². The van der Waals surface area contributed by atoms with E-state index in [0.717, 1.165) is 30.9 Å². The zero-order valence-corrected chi connectivity index (χ0v) is 9.68. The smallest absolute Gasteiger partial charge is 0.143 e. The molecule has 0 aromatic heterocycles. The van der Waals surface area contributed by atoms with Crippen LogP contribution in [0.3, 0.4) is 0 Å². The van der Waals surface area contributed by atoms with E-state index >= 15 is 0 Å². The van der Waals surface area contributed by atoms with Crippen molar-refractivity contribution < 1.29 is 4.74 Å². The molecule has 86 valence electrons. The quantitative estimate of drug-likeness (QED) is 0.813. The second-order valence-corrected chi connectivity index (χ2v) is 4.61. The van der Waals surface area contributed by atoms with Gasteiger partial charge in [-0.15, -0.1) is 0 Å². The molecule has 3 heteroatoms. The molecule has 0 spiro atoms. The molecular weight excluding hydrogens is 200 g/mol. The highest BCUT2D eigenvalue weighted by Crippen LogP contribution is 2.34. The van der Waals surface area contributed by atoms with E-state index in [-0.39, 0.29) is 0 Å². The Bertz CT molecular complexity index is 399. The van der Waals surface area contributed by atoms with Crippen LogP contribution in [0, 0.1) is 0 Å². The van der Waals surface area contributed by atoms with Crippen molar-refractivity contribution in [1.29, 1.82) is 0 Å². The maximum absolute atomic E-state index is 5.92. The van der Waals surface area contributed by atoms with Gasteiger partial charge in [0.2, 0.25) is 0 Å². The summed E-state index contributed by atoms with van der Waals surface area (Å²) in [4.78, 5) is 0. The van der Waals surface area contributed by atoms with Crippen LogP contribution in [-0.4, -0.2) is 19.7 Å². The number of anilines is 1. The summed E-state index contributed by atoms with van der Waals surface area (Å²) in [7, 11) is 1.96. The number of nitrogens with one attached hydrogen (secondary N) is 2. The van der Waals surface area contributed by atoms with Crippen LogP contribution >= 0.6 is 0 Å². The minimum absolute atomic E-state index is 0.460. The summed E-state index contributed by atoms with van der Waals surface area (Å²) in [5.41, 5.74) is 3.97. The summed E-state index contributed by atoms with van der Waals surface area (Å²) in [6.07, 6.45) is 3.99. The van der Waals surface area contributed by atoms with Crippen LogP contribution < -0.4 is 15.4 Å². The molecule has 2 aliphatic rings. The van der Waals surface area contributed by atoms with Crippen molar-refractivity contribution in [3.8, 4) is 5.75 Å². The first-order chi connectivity index (χ1) is 7.86. The molecule has 1 fully saturated rings. The van der Waals surface area contributed by atoms with Crippen LogP contribution in [0.4, 0.5) is 5.69 Å². The molecule has 1 aliphatic carbocycles. The van der Waals surface area contributed by atoms with E-state index in [1.165, 1.54) is 24.0 Å². The first-order valence-electron chi connectivity index (χ1n) is 6.08. The summed E-state index contributed by atoms with van der Waals surface area (Å²) in [6, 6.07) is 4.44. The predicted octanol–water partition coefficient (Wildman–Crippen LogP) is 1.92. The first kappa shape index (κ1) is 9.97. The highest BCUT2D eigenvalue weighted by Gasteiger charge is 2.25. The Balaban J connectivity index is 1.94. The van der Waals surface area contributed by atoms with Crippen molar-refractivity contribution in [2.75, 3.05) is 18.9 Å². The third-order valence-electron chi connectivity index (χ3n) is 3.28.